The molecule has 0 unspecified atom stereocenters. The van der Waals surface area contributed by atoms with E-state index in [0.29, 0.717) is 10.9 Å². The molecule has 0 saturated heterocycles. The summed E-state index contributed by atoms with van der Waals surface area (Å²) in [5.41, 5.74) is 5.72. The quantitative estimate of drug-likeness (QED) is 0.339. The van der Waals surface area contributed by atoms with Gasteiger partial charge in [0.15, 0.2) is 0 Å². The SMILES string of the molecule is Clc1cc2ccc(-c3ccccc3)nc2cc1-c1nc(C2CCC2)n2ccncc12. The number of hydrogen-bond donors (Lipinski definition) is 0. The Kier molecular flexibility index (Phi) is 4.06. The third-order valence-corrected chi connectivity index (χ3v) is 6.36. The van der Waals surface area contributed by atoms with Crippen molar-refractivity contribution < 1.29 is 0 Å². The molecule has 6 rings (SSSR count). The van der Waals surface area contributed by atoms with Crippen LogP contribution in [-0.4, -0.2) is 19.4 Å². The van der Waals surface area contributed by atoms with Crippen molar-refractivity contribution in [1.29, 1.82) is 0 Å². The number of imidazole rings is 1. The molecule has 0 amide bonds. The number of halogens is 1. The van der Waals surface area contributed by atoms with Crippen molar-refractivity contribution in [2.45, 2.75) is 25.2 Å². The van der Waals surface area contributed by atoms with E-state index >= 15 is 0 Å². The van der Waals surface area contributed by atoms with Crippen molar-refractivity contribution in [3.05, 3.63) is 84.0 Å². The number of hydrogen-bond acceptors (Lipinski definition) is 3. The monoisotopic (exact) mass is 410 g/mol. The van der Waals surface area contributed by atoms with Crippen molar-refractivity contribution in [3.63, 3.8) is 0 Å². The number of benzene rings is 2. The van der Waals surface area contributed by atoms with Crippen molar-refractivity contribution in [2.24, 2.45) is 0 Å². The Morgan fingerprint density at radius 3 is 2.63 bits per heavy atom. The maximum atomic E-state index is 6.73. The van der Waals surface area contributed by atoms with Crippen LogP contribution in [0.3, 0.4) is 0 Å². The summed E-state index contributed by atoms with van der Waals surface area (Å²) in [6.45, 7) is 0. The minimum atomic E-state index is 0.510. The van der Waals surface area contributed by atoms with E-state index in [1.807, 2.05) is 48.9 Å². The average molecular weight is 411 g/mol. The van der Waals surface area contributed by atoms with Crippen molar-refractivity contribution in [3.8, 4) is 22.5 Å². The molecule has 0 bridgehead atoms. The summed E-state index contributed by atoms with van der Waals surface area (Å²) >= 11 is 6.73. The van der Waals surface area contributed by atoms with Gasteiger partial charge >= 0.3 is 0 Å². The van der Waals surface area contributed by atoms with Gasteiger partial charge in [-0.3, -0.25) is 9.38 Å². The molecule has 1 aliphatic carbocycles. The minimum absolute atomic E-state index is 0.510. The topological polar surface area (TPSA) is 43.1 Å². The van der Waals surface area contributed by atoms with Gasteiger partial charge in [0.1, 0.15) is 5.82 Å². The van der Waals surface area contributed by atoms with E-state index < -0.39 is 0 Å². The number of nitrogens with zero attached hydrogens (tertiary/aromatic N) is 4. The Morgan fingerprint density at radius 2 is 1.83 bits per heavy atom. The summed E-state index contributed by atoms with van der Waals surface area (Å²) in [7, 11) is 0. The van der Waals surface area contributed by atoms with Gasteiger partial charge in [-0.15, -0.1) is 0 Å². The Labute approximate surface area is 179 Å². The average Bonchev–Trinajstić information content (AvgIpc) is 3.11. The molecule has 0 aliphatic heterocycles. The van der Waals surface area contributed by atoms with Crippen LogP contribution >= 0.6 is 11.6 Å². The molecule has 0 N–H and O–H groups in total. The predicted octanol–water partition coefficient (Wildman–Crippen LogP) is 6.53. The van der Waals surface area contributed by atoms with Crippen LogP contribution in [0, 0.1) is 0 Å². The standard InChI is InChI=1S/C25H19ClN4/c26-20-13-18-9-10-21(16-5-2-1-3-6-16)28-22(18)14-19(20)24-23-15-27-11-12-30(23)25(29-24)17-7-4-8-17/h1-3,5-6,9-15,17H,4,7-8H2. The van der Waals surface area contributed by atoms with Crippen molar-refractivity contribution >= 4 is 28.0 Å². The van der Waals surface area contributed by atoms with Gasteiger partial charge in [-0.25, -0.2) is 9.97 Å². The highest BCUT2D eigenvalue weighted by atomic mass is 35.5. The fraction of sp³-hybridized carbons (Fsp3) is 0.160. The second-order valence-corrected chi connectivity index (χ2v) is 8.27. The van der Waals surface area contributed by atoms with Gasteiger partial charge in [0.05, 0.1) is 33.6 Å². The van der Waals surface area contributed by atoms with E-state index in [-0.39, 0.29) is 0 Å². The van der Waals surface area contributed by atoms with Gasteiger partial charge in [-0.05, 0) is 31.0 Å². The molecule has 1 aliphatic rings. The van der Waals surface area contributed by atoms with Crippen LogP contribution in [0.2, 0.25) is 5.02 Å². The molecule has 5 heteroatoms. The number of rotatable bonds is 3. The molecule has 0 radical (unpaired) electrons. The number of fused-ring (bicyclic) bond motifs is 2. The first-order chi connectivity index (χ1) is 14.8. The molecule has 0 atom stereocenters. The molecule has 146 valence electrons. The fourth-order valence-electron chi connectivity index (χ4n) is 4.21. The van der Waals surface area contributed by atoms with E-state index in [9.17, 15) is 0 Å². The molecule has 0 spiro atoms. The largest absolute Gasteiger partial charge is 0.300 e. The molecule has 1 fully saturated rings. The minimum Gasteiger partial charge on any atom is -0.300 e. The van der Waals surface area contributed by atoms with Crippen LogP contribution in [0.25, 0.3) is 38.9 Å². The Morgan fingerprint density at radius 1 is 0.967 bits per heavy atom. The molecule has 3 aromatic heterocycles. The van der Waals surface area contributed by atoms with Crippen molar-refractivity contribution in [1.82, 2.24) is 19.4 Å². The lowest BCUT2D eigenvalue weighted by Crippen LogP contribution is -2.12. The van der Waals surface area contributed by atoms with Crippen LogP contribution in [0.1, 0.15) is 31.0 Å². The molecule has 30 heavy (non-hydrogen) atoms. The number of aromatic nitrogens is 4. The Bertz CT molecular complexity index is 1390. The molecule has 2 aromatic carbocycles. The van der Waals surface area contributed by atoms with Gasteiger partial charge in [-0.1, -0.05) is 54.4 Å². The lowest BCUT2D eigenvalue weighted by molar-refractivity contribution is 0.400. The summed E-state index contributed by atoms with van der Waals surface area (Å²) in [6, 6.07) is 18.4. The molecule has 5 aromatic rings. The Hall–Kier alpha value is -3.24. The zero-order valence-electron chi connectivity index (χ0n) is 16.3. The highest BCUT2D eigenvalue weighted by Crippen LogP contribution is 2.40. The van der Waals surface area contributed by atoms with Crippen LogP contribution < -0.4 is 0 Å². The lowest BCUT2D eigenvalue weighted by Gasteiger charge is -2.23. The molecular weight excluding hydrogens is 392 g/mol. The summed E-state index contributed by atoms with van der Waals surface area (Å²) < 4.78 is 2.17. The second kappa shape index (κ2) is 6.92. The van der Waals surface area contributed by atoms with Crippen molar-refractivity contribution in [2.75, 3.05) is 0 Å². The van der Waals surface area contributed by atoms with E-state index in [4.69, 9.17) is 21.6 Å². The first kappa shape index (κ1) is 17.6. The fourth-order valence-corrected chi connectivity index (χ4v) is 4.47. The summed E-state index contributed by atoms with van der Waals surface area (Å²) in [4.78, 5) is 14.3. The van der Waals surface area contributed by atoms with Gasteiger partial charge in [-0.2, -0.15) is 0 Å². The third-order valence-electron chi connectivity index (χ3n) is 6.05. The second-order valence-electron chi connectivity index (χ2n) is 7.87. The molecule has 1 saturated carbocycles. The van der Waals surface area contributed by atoms with Gasteiger partial charge in [0.25, 0.3) is 0 Å². The third kappa shape index (κ3) is 2.79. The van der Waals surface area contributed by atoms with Gasteiger partial charge in [0.2, 0.25) is 0 Å². The molecule has 3 heterocycles. The molecule has 4 nitrogen and oxygen atoms in total. The maximum Gasteiger partial charge on any atom is 0.117 e. The van der Waals surface area contributed by atoms with E-state index in [1.54, 1.807) is 0 Å². The highest BCUT2D eigenvalue weighted by molar-refractivity contribution is 6.34. The molecular formula is C25H19ClN4. The smallest absolute Gasteiger partial charge is 0.117 e. The number of pyridine rings is 1. The Balaban J connectivity index is 1.55. The van der Waals surface area contributed by atoms with E-state index in [0.717, 1.165) is 44.8 Å². The first-order valence-electron chi connectivity index (χ1n) is 10.3. The summed E-state index contributed by atoms with van der Waals surface area (Å²) in [5.74, 6) is 1.62. The maximum absolute atomic E-state index is 6.73. The lowest BCUT2D eigenvalue weighted by atomic mass is 9.85. The summed E-state index contributed by atoms with van der Waals surface area (Å²) in [5, 5.41) is 1.70. The van der Waals surface area contributed by atoms with Crippen LogP contribution in [0.15, 0.2) is 73.2 Å². The zero-order chi connectivity index (χ0) is 20.1. The predicted molar refractivity (Wildman–Crippen MR) is 121 cm³/mol. The first-order valence-corrected chi connectivity index (χ1v) is 10.6. The van der Waals surface area contributed by atoms with Gasteiger partial charge < -0.3 is 0 Å². The van der Waals surface area contributed by atoms with E-state index in [1.165, 1.54) is 19.3 Å². The zero-order valence-corrected chi connectivity index (χ0v) is 17.0. The van der Waals surface area contributed by atoms with Gasteiger partial charge in [0, 0.05) is 34.8 Å². The summed E-state index contributed by atoms with van der Waals surface area (Å²) in [6.07, 6.45) is 9.33. The normalized spacial score (nSPS) is 14.3. The van der Waals surface area contributed by atoms with Crippen LogP contribution in [0.5, 0.6) is 0 Å². The van der Waals surface area contributed by atoms with Crippen LogP contribution in [-0.2, 0) is 0 Å². The van der Waals surface area contributed by atoms with E-state index in [2.05, 4.69) is 33.7 Å². The van der Waals surface area contributed by atoms with Crippen LogP contribution in [0.4, 0.5) is 0 Å². The highest BCUT2D eigenvalue weighted by Gasteiger charge is 2.26.